The molecule has 2 bridgehead atoms. The first kappa shape index (κ1) is 13.5. The van der Waals surface area contributed by atoms with E-state index in [1.165, 1.54) is 19.3 Å². The average molecular weight is 283 g/mol. The molecule has 0 saturated heterocycles. The van der Waals surface area contributed by atoms with Gasteiger partial charge in [-0.25, -0.2) is 13.2 Å². The minimum absolute atomic E-state index is 0.294. The van der Waals surface area contributed by atoms with E-state index in [0.717, 1.165) is 24.5 Å². The number of hydrogen-bond donors (Lipinski definition) is 1. The number of amides is 1. The van der Waals surface area contributed by atoms with Crippen LogP contribution in [0.2, 0.25) is 0 Å². The summed E-state index contributed by atoms with van der Waals surface area (Å²) >= 11 is 0. The number of hydrogen-bond acceptors (Lipinski definition) is 1. The number of carbonyl (C=O) groups is 1. The summed E-state index contributed by atoms with van der Waals surface area (Å²) in [6.45, 7) is 0. The zero-order chi connectivity index (χ0) is 14.3. The van der Waals surface area contributed by atoms with E-state index in [9.17, 15) is 18.0 Å². The highest BCUT2D eigenvalue weighted by Gasteiger charge is 2.40. The van der Waals surface area contributed by atoms with Crippen molar-refractivity contribution in [2.45, 2.75) is 32.1 Å². The summed E-state index contributed by atoms with van der Waals surface area (Å²) in [6, 6.07) is 1.86. The Balaban J connectivity index is 1.63. The molecule has 0 radical (unpaired) electrons. The molecule has 2 fully saturated rings. The molecule has 2 aliphatic carbocycles. The van der Waals surface area contributed by atoms with Crippen LogP contribution in [0.5, 0.6) is 0 Å². The number of fused-ring (bicyclic) bond motifs is 2. The number of halogens is 3. The Morgan fingerprint density at radius 3 is 2.60 bits per heavy atom. The highest BCUT2D eigenvalue weighted by Crippen LogP contribution is 2.49. The molecular weight excluding hydrogens is 267 g/mol. The second-order valence-corrected chi connectivity index (χ2v) is 5.91. The fourth-order valence-electron chi connectivity index (χ4n) is 3.69. The van der Waals surface area contributed by atoms with Crippen LogP contribution in [-0.4, -0.2) is 5.91 Å². The van der Waals surface area contributed by atoms with Gasteiger partial charge >= 0.3 is 0 Å². The van der Waals surface area contributed by atoms with Crippen LogP contribution in [0.1, 0.15) is 32.1 Å². The number of anilines is 1. The normalized spacial score (nSPS) is 27.9. The lowest BCUT2D eigenvalue weighted by molar-refractivity contribution is -0.117. The topological polar surface area (TPSA) is 29.1 Å². The third-order valence-electron chi connectivity index (χ3n) is 4.64. The van der Waals surface area contributed by atoms with Gasteiger partial charge in [-0.3, -0.25) is 4.79 Å². The van der Waals surface area contributed by atoms with Gasteiger partial charge in [0, 0.05) is 6.42 Å². The van der Waals surface area contributed by atoms with Gasteiger partial charge in [-0.15, -0.1) is 0 Å². The van der Waals surface area contributed by atoms with Crippen molar-refractivity contribution in [3.63, 3.8) is 0 Å². The highest BCUT2D eigenvalue weighted by atomic mass is 19.2. The van der Waals surface area contributed by atoms with Gasteiger partial charge < -0.3 is 5.32 Å². The lowest BCUT2D eigenvalue weighted by Crippen LogP contribution is -2.21. The van der Waals surface area contributed by atoms with Crippen molar-refractivity contribution in [2.75, 3.05) is 5.32 Å². The minimum atomic E-state index is -1.55. The first-order valence-corrected chi connectivity index (χ1v) is 6.98. The fraction of sp³-hybridized carbons (Fsp3) is 0.533. The third kappa shape index (κ3) is 2.41. The van der Waals surface area contributed by atoms with Gasteiger partial charge in [0.05, 0.1) is 5.69 Å². The molecule has 2 aliphatic rings. The van der Waals surface area contributed by atoms with Crippen LogP contribution in [0.25, 0.3) is 0 Å². The molecule has 2 nitrogen and oxygen atoms in total. The molecule has 20 heavy (non-hydrogen) atoms. The molecule has 108 valence electrons. The van der Waals surface area contributed by atoms with Crippen LogP contribution < -0.4 is 5.32 Å². The van der Waals surface area contributed by atoms with Crippen LogP contribution >= 0.6 is 0 Å². The summed E-state index contributed by atoms with van der Waals surface area (Å²) in [5.41, 5.74) is -0.294. The van der Waals surface area contributed by atoms with E-state index in [1.807, 2.05) is 0 Å². The van der Waals surface area contributed by atoms with E-state index in [0.29, 0.717) is 18.3 Å². The standard InChI is InChI=1S/C15H16F3NO/c16-11-3-4-12(15(18)14(11)17)19-13(20)7-10-6-8-1-2-9(10)5-8/h3-4,8-10H,1-2,5-7H2,(H,19,20)/t8-,9+,10-/m0/s1. The van der Waals surface area contributed by atoms with Gasteiger partial charge in [0.1, 0.15) is 0 Å². The van der Waals surface area contributed by atoms with Crippen LogP contribution in [0.15, 0.2) is 12.1 Å². The van der Waals surface area contributed by atoms with Crippen molar-refractivity contribution in [3.8, 4) is 0 Å². The molecule has 1 N–H and O–H groups in total. The van der Waals surface area contributed by atoms with Crippen LogP contribution in [0.4, 0.5) is 18.9 Å². The van der Waals surface area contributed by atoms with Crippen LogP contribution in [0, 0.1) is 35.2 Å². The molecule has 0 aliphatic heterocycles. The van der Waals surface area contributed by atoms with Crippen molar-refractivity contribution in [2.24, 2.45) is 17.8 Å². The predicted octanol–water partition coefficient (Wildman–Crippen LogP) is 3.87. The molecule has 3 atom stereocenters. The summed E-state index contributed by atoms with van der Waals surface area (Å²) in [5, 5.41) is 2.34. The molecule has 1 aromatic carbocycles. The zero-order valence-electron chi connectivity index (χ0n) is 11.0. The largest absolute Gasteiger partial charge is 0.323 e. The molecule has 1 aromatic rings. The summed E-state index contributed by atoms with van der Waals surface area (Å²) < 4.78 is 39.3. The number of rotatable bonds is 3. The Hall–Kier alpha value is -1.52. The Kier molecular flexibility index (Phi) is 3.44. The smallest absolute Gasteiger partial charge is 0.224 e. The second-order valence-electron chi connectivity index (χ2n) is 5.91. The first-order valence-electron chi connectivity index (χ1n) is 6.98. The quantitative estimate of drug-likeness (QED) is 0.838. The van der Waals surface area contributed by atoms with Crippen molar-refractivity contribution >= 4 is 11.6 Å². The molecule has 1 amide bonds. The van der Waals surface area contributed by atoms with Gasteiger partial charge in [-0.1, -0.05) is 6.42 Å². The Bertz CT molecular complexity index is 546. The molecule has 0 unspecified atom stereocenters. The molecule has 3 rings (SSSR count). The highest BCUT2D eigenvalue weighted by molar-refractivity contribution is 5.91. The maximum Gasteiger partial charge on any atom is 0.224 e. The summed E-state index contributed by atoms with van der Waals surface area (Å²) in [4.78, 5) is 11.9. The summed E-state index contributed by atoms with van der Waals surface area (Å²) in [7, 11) is 0. The predicted molar refractivity (Wildman–Crippen MR) is 68.5 cm³/mol. The zero-order valence-corrected chi connectivity index (χ0v) is 11.0. The second kappa shape index (κ2) is 5.11. The lowest BCUT2D eigenvalue weighted by atomic mass is 9.86. The third-order valence-corrected chi connectivity index (χ3v) is 4.64. The molecule has 0 spiro atoms. The van der Waals surface area contributed by atoms with E-state index in [-0.39, 0.29) is 11.6 Å². The summed E-state index contributed by atoms with van der Waals surface area (Å²) in [6.07, 6.45) is 5.00. The van der Waals surface area contributed by atoms with E-state index < -0.39 is 17.5 Å². The van der Waals surface area contributed by atoms with Gasteiger partial charge in [-0.2, -0.15) is 0 Å². The van der Waals surface area contributed by atoms with E-state index >= 15 is 0 Å². The van der Waals surface area contributed by atoms with Crippen LogP contribution in [-0.2, 0) is 4.79 Å². The van der Waals surface area contributed by atoms with Crippen molar-refractivity contribution in [1.82, 2.24) is 0 Å². The molecule has 5 heteroatoms. The van der Waals surface area contributed by atoms with Gasteiger partial charge in [0.15, 0.2) is 17.5 Å². The SMILES string of the molecule is O=C(C[C@@H]1C[C@H]2CC[C@@H]1C2)Nc1ccc(F)c(F)c1F. The van der Waals surface area contributed by atoms with Crippen molar-refractivity contribution < 1.29 is 18.0 Å². The van der Waals surface area contributed by atoms with E-state index in [4.69, 9.17) is 0 Å². The van der Waals surface area contributed by atoms with Gasteiger partial charge in [0.25, 0.3) is 0 Å². The Labute approximate surface area is 115 Å². The molecule has 2 saturated carbocycles. The van der Waals surface area contributed by atoms with Crippen molar-refractivity contribution in [3.05, 3.63) is 29.6 Å². The minimum Gasteiger partial charge on any atom is -0.323 e. The summed E-state index contributed by atoms with van der Waals surface area (Å²) in [5.74, 6) is -2.80. The van der Waals surface area contributed by atoms with Crippen LogP contribution in [0.3, 0.4) is 0 Å². The number of nitrogens with one attached hydrogen (secondary N) is 1. The lowest BCUT2D eigenvalue weighted by Gasteiger charge is -2.21. The molecule has 0 heterocycles. The van der Waals surface area contributed by atoms with E-state index in [1.54, 1.807) is 0 Å². The molecular formula is C15H16F3NO. The monoisotopic (exact) mass is 283 g/mol. The first-order chi connectivity index (χ1) is 9.54. The van der Waals surface area contributed by atoms with Gasteiger partial charge in [-0.05, 0) is 49.1 Å². The molecule has 0 aromatic heterocycles. The average Bonchev–Trinajstić information content (AvgIpc) is 3.02. The number of benzene rings is 1. The maximum atomic E-state index is 13.5. The number of carbonyl (C=O) groups excluding carboxylic acids is 1. The van der Waals surface area contributed by atoms with Crippen molar-refractivity contribution in [1.29, 1.82) is 0 Å². The Morgan fingerprint density at radius 2 is 1.95 bits per heavy atom. The maximum absolute atomic E-state index is 13.5. The van der Waals surface area contributed by atoms with E-state index in [2.05, 4.69) is 5.32 Å². The Morgan fingerprint density at radius 1 is 1.15 bits per heavy atom. The fourth-order valence-corrected chi connectivity index (χ4v) is 3.69. The van der Waals surface area contributed by atoms with Gasteiger partial charge in [0.2, 0.25) is 5.91 Å².